The fourth-order valence-corrected chi connectivity index (χ4v) is 2.94. The van der Waals surface area contributed by atoms with Gasteiger partial charge in [0.2, 0.25) is 0 Å². The minimum atomic E-state index is -0.580. The summed E-state index contributed by atoms with van der Waals surface area (Å²) in [5, 5.41) is 18.9. The molecule has 1 aromatic heterocycles. The van der Waals surface area contributed by atoms with Crippen LogP contribution in [-0.4, -0.2) is 40.7 Å². The van der Waals surface area contributed by atoms with E-state index < -0.39 is 6.10 Å². The van der Waals surface area contributed by atoms with Crippen LogP contribution in [0.2, 0.25) is 0 Å². The highest BCUT2D eigenvalue weighted by Gasteiger charge is 2.36. The minimum Gasteiger partial charge on any atom is -0.497 e. The van der Waals surface area contributed by atoms with Gasteiger partial charge in [-0.1, -0.05) is 12.1 Å². The van der Waals surface area contributed by atoms with E-state index in [1.54, 1.807) is 18.1 Å². The molecule has 0 bridgehead atoms. The second kappa shape index (κ2) is 6.69. The van der Waals surface area contributed by atoms with E-state index in [0.717, 1.165) is 5.56 Å². The Balaban J connectivity index is 1.89. The van der Waals surface area contributed by atoms with Gasteiger partial charge in [0.05, 0.1) is 24.8 Å². The molecule has 3 rings (SSSR count). The van der Waals surface area contributed by atoms with Gasteiger partial charge in [-0.15, -0.1) is 0 Å². The zero-order valence-electron chi connectivity index (χ0n) is 13.2. The average Bonchev–Trinajstić information content (AvgIpc) is 3.03. The van der Waals surface area contributed by atoms with E-state index in [1.165, 1.54) is 12.3 Å². The number of benzene rings is 1. The Morgan fingerprint density at radius 3 is 2.92 bits per heavy atom. The summed E-state index contributed by atoms with van der Waals surface area (Å²) in [7, 11) is 1.59. The van der Waals surface area contributed by atoms with E-state index in [9.17, 15) is 9.90 Å². The van der Waals surface area contributed by atoms with Crippen LogP contribution in [0.4, 0.5) is 0 Å². The summed E-state index contributed by atoms with van der Waals surface area (Å²) in [6.45, 7) is 0.252. The molecule has 1 N–H and O–H groups in total. The highest BCUT2D eigenvalue weighted by atomic mass is 16.5. The van der Waals surface area contributed by atoms with Crippen molar-refractivity contribution in [1.82, 2.24) is 9.88 Å². The fourth-order valence-electron chi connectivity index (χ4n) is 2.94. The maximum atomic E-state index is 12.8. The quantitative estimate of drug-likeness (QED) is 0.932. The number of aliphatic hydroxyl groups excluding tert-OH is 1. The number of likely N-dealkylation sites (tertiary alicyclic amines) is 1. The smallest absolute Gasteiger partial charge is 0.273 e. The van der Waals surface area contributed by atoms with E-state index in [0.29, 0.717) is 17.7 Å². The van der Waals surface area contributed by atoms with Gasteiger partial charge in [0.25, 0.3) is 5.91 Å². The standard InChI is InChI=1S/C18H17N3O3/c1-24-15-4-2-3-13(7-15)17-8-14(22)11-21(17)18(23)16-6-5-12(9-19)10-20-16/h2-7,10,14,17,22H,8,11H2,1H3/t14-,17+/m1/s1. The summed E-state index contributed by atoms with van der Waals surface area (Å²) in [5.41, 5.74) is 1.57. The number of hydrogen-bond donors (Lipinski definition) is 1. The Kier molecular flexibility index (Phi) is 4.45. The van der Waals surface area contributed by atoms with Gasteiger partial charge in [-0.2, -0.15) is 5.26 Å². The first-order valence-corrected chi connectivity index (χ1v) is 7.61. The Morgan fingerprint density at radius 2 is 2.25 bits per heavy atom. The number of carbonyl (C=O) groups excluding carboxylic acids is 1. The molecule has 0 unspecified atom stereocenters. The van der Waals surface area contributed by atoms with Gasteiger partial charge >= 0.3 is 0 Å². The van der Waals surface area contributed by atoms with E-state index in [1.807, 2.05) is 30.3 Å². The number of nitrogens with zero attached hydrogens (tertiary/aromatic N) is 3. The SMILES string of the molecule is COc1cccc([C@@H]2C[C@@H](O)CN2C(=O)c2ccc(C#N)cn2)c1. The molecule has 1 aliphatic heterocycles. The lowest BCUT2D eigenvalue weighted by atomic mass is 10.0. The number of carbonyl (C=O) groups is 1. The first-order chi connectivity index (χ1) is 11.6. The maximum absolute atomic E-state index is 12.8. The van der Waals surface area contributed by atoms with Crippen LogP contribution < -0.4 is 4.74 Å². The fraction of sp³-hybridized carbons (Fsp3) is 0.278. The number of hydrogen-bond acceptors (Lipinski definition) is 5. The summed E-state index contributed by atoms with van der Waals surface area (Å²) in [6.07, 6.45) is 1.26. The highest BCUT2D eigenvalue weighted by Crippen LogP contribution is 2.34. The summed E-state index contributed by atoms with van der Waals surface area (Å²) < 4.78 is 5.24. The number of nitriles is 1. The van der Waals surface area contributed by atoms with Crippen LogP contribution in [0.3, 0.4) is 0 Å². The Morgan fingerprint density at radius 1 is 1.42 bits per heavy atom. The van der Waals surface area contributed by atoms with Gasteiger partial charge in [0.15, 0.2) is 0 Å². The van der Waals surface area contributed by atoms with Crippen LogP contribution in [0.25, 0.3) is 0 Å². The molecule has 2 atom stereocenters. The highest BCUT2D eigenvalue weighted by molar-refractivity contribution is 5.93. The Bertz CT molecular complexity index is 783. The Hall–Kier alpha value is -2.91. The second-order valence-corrected chi connectivity index (χ2v) is 5.68. The van der Waals surface area contributed by atoms with Gasteiger partial charge in [-0.05, 0) is 36.2 Å². The molecular weight excluding hydrogens is 306 g/mol. The van der Waals surface area contributed by atoms with Crippen molar-refractivity contribution in [2.45, 2.75) is 18.6 Å². The molecule has 0 spiro atoms. The molecule has 122 valence electrons. The van der Waals surface area contributed by atoms with Crippen molar-refractivity contribution in [3.05, 3.63) is 59.4 Å². The Labute approximate surface area is 139 Å². The molecule has 1 aliphatic rings. The molecule has 6 nitrogen and oxygen atoms in total. The minimum absolute atomic E-state index is 0.236. The molecule has 6 heteroatoms. The maximum Gasteiger partial charge on any atom is 0.273 e. The molecular formula is C18H17N3O3. The topological polar surface area (TPSA) is 86.5 Å². The molecule has 2 aromatic rings. The molecule has 1 amide bonds. The number of β-amino-alcohol motifs (C(OH)–C–C–N with tert-alkyl or cyclic N) is 1. The number of aromatic nitrogens is 1. The number of amides is 1. The van der Waals surface area contributed by atoms with Crippen LogP contribution >= 0.6 is 0 Å². The number of aliphatic hydroxyl groups is 1. The van der Waals surface area contributed by atoms with Crippen LogP contribution in [0.15, 0.2) is 42.6 Å². The van der Waals surface area contributed by atoms with E-state index >= 15 is 0 Å². The summed E-state index contributed by atoms with van der Waals surface area (Å²) in [6, 6.07) is 12.3. The summed E-state index contributed by atoms with van der Waals surface area (Å²) in [4.78, 5) is 18.4. The third kappa shape index (κ3) is 3.07. The van der Waals surface area contributed by atoms with Crippen molar-refractivity contribution in [2.75, 3.05) is 13.7 Å². The third-order valence-electron chi connectivity index (χ3n) is 4.13. The predicted octanol–water partition coefficient (Wildman–Crippen LogP) is 1.91. The lowest BCUT2D eigenvalue weighted by Crippen LogP contribution is -2.32. The predicted molar refractivity (Wildman–Crippen MR) is 86.3 cm³/mol. The number of rotatable bonds is 3. The normalized spacial score (nSPS) is 19.8. The van der Waals surface area contributed by atoms with Gasteiger partial charge in [-0.3, -0.25) is 4.79 Å². The zero-order valence-corrected chi connectivity index (χ0v) is 13.2. The summed E-state index contributed by atoms with van der Waals surface area (Å²) >= 11 is 0. The van der Waals surface area contributed by atoms with Gasteiger partial charge < -0.3 is 14.7 Å². The van der Waals surface area contributed by atoms with Crippen molar-refractivity contribution >= 4 is 5.91 Å². The van der Waals surface area contributed by atoms with E-state index in [-0.39, 0.29) is 24.2 Å². The van der Waals surface area contributed by atoms with E-state index in [4.69, 9.17) is 10.00 Å². The van der Waals surface area contributed by atoms with Crippen LogP contribution in [0, 0.1) is 11.3 Å². The first kappa shape index (κ1) is 16.0. The van der Waals surface area contributed by atoms with Crippen molar-refractivity contribution in [1.29, 1.82) is 5.26 Å². The van der Waals surface area contributed by atoms with Crippen molar-refractivity contribution < 1.29 is 14.6 Å². The van der Waals surface area contributed by atoms with Crippen molar-refractivity contribution in [3.8, 4) is 11.8 Å². The monoisotopic (exact) mass is 323 g/mol. The lowest BCUT2D eigenvalue weighted by Gasteiger charge is -2.24. The third-order valence-corrected chi connectivity index (χ3v) is 4.13. The number of pyridine rings is 1. The lowest BCUT2D eigenvalue weighted by molar-refractivity contribution is 0.0709. The van der Waals surface area contributed by atoms with Crippen LogP contribution in [-0.2, 0) is 0 Å². The summed E-state index contributed by atoms with van der Waals surface area (Å²) in [5.74, 6) is 0.446. The molecule has 1 fully saturated rings. The van der Waals surface area contributed by atoms with Crippen molar-refractivity contribution in [3.63, 3.8) is 0 Å². The second-order valence-electron chi connectivity index (χ2n) is 5.68. The molecule has 0 saturated carbocycles. The van der Waals surface area contributed by atoms with Crippen LogP contribution in [0.5, 0.6) is 5.75 Å². The molecule has 1 aromatic carbocycles. The molecule has 0 aliphatic carbocycles. The van der Waals surface area contributed by atoms with E-state index in [2.05, 4.69) is 4.98 Å². The zero-order chi connectivity index (χ0) is 17.1. The molecule has 2 heterocycles. The van der Waals surface area contributed by atoms with Crippen molar-refractivity contribution in [2.24, 2.45) is 0 Å². The number of ether oxygens (including phenoxy) is 1. The molecule has 24 heavy (non-hydrogen) atoms. The average molecular weight is 323 g/mol. The number of methoxy groups -OCH3 is 1. The first-order valence-electron chi connectivity index (χ1n) is 7.61. The van der Waals surface area contributed by atoms with Gasteiger partial charge in [0, 0.05) is 12.7 Å². The van der Waals surface area contributed by atoms with Crippen LogP contribution in [0.1, 0.15) is 34.1 Å². The molecule has 0 radical (unpaired) electrons. The largest absolute Gasteiger partial charge is 0.497 e. The van der Waals surface area contributed by atoms with Gasteiger partial charge in [-0.25, -0.2) is 4.98 Å². The van der Waals surface area contributed by atoms with Gasteiger partial charge in [0.1, 0.15) is 17.5 Å². The molecule has 1 saturated heterocycles.